The van der Waals surface area contributed by atoms with E-state index in [9.17, 15) is 14.7 Å². The fraction of sp³-hybridized carbons (Fsp3) is 0.333. The van der Waals surface area contributed by atoms with Gasteiger partial charge in [-0.3, -0.25) is 0 Å². The van der Waals surface area contributed by atoms with Crippen LogP contribution < -0.4 is 4.74 Å². The van der Waals surface area contributed by atoms with E-state index in [-0.39, 0.29) is 29.4 Å². The molecule has 1 aromatic carbocycles. The Kier molecular flexibility index (Phi) is 4.09. The number of hydrogen-bond acceptors (Lipinski definition) is 4. The number of benzene rings is 1. The zero-order valence-corrected chi connectivity index (χ0v) is 9.64. The van der Waals surface area contributed by atoms with E-state index in [4.69, 9.17) is 9.84 Å². The smallest absolute Gasteiger partial charge is 0.335 e. The summed E-state index contributed by atoms with van der Waals surface area (Å²) in [6, 6.07) is 2.60. The molecule has 5 heteroatoms. The SMILES string of the molecule is COc1cc(C(=O)O)cc(C(C)CC=O)c1O. The van der Waals surface area contributed by atoms with E-state index >= 15 is 0 Å². The van der Waals surface area contributed by atoms with E-state index < -0.39 is 5.97 Å². The number of aromatic carboxylic acids is 1. The van der Waals surface area contributed by atoms with Crippen LogP contribution in [0.2, 0.25) is 0 Å². The summed E-state index contributed by atoms with van der Waals surface area (Å²) in [5.41, 5.74) is 0.418. The normalized spacial score (nSPS) is 11.9. The third-order valence-corrected chi connectivity index (χ3v) is 2.55. The molecule has 1 unspecified atom stereocenters. The van der Waals surface area contributed by atoms with E-state index in [0.717, 1.165) is 6.29 Å². The summed E-state index contributed by atoms with van der Waals surface area (Å²) >= 11 is 0. The zero-order valence-electron chi connectivity index (χ0n) is 9.64. The van der Waals surface area contributed by atoms with Crippen LogP contribution in [0.4, 0.5) is 0 Å². The summed E-state index contributed by atoms with van der Waals surface area (Å²) in [5, 5.41) is 18.8. The maximum absolute atomic E-state index is 10.9. The Morgan fingerprint density at radius 1 is 1.53 bits per heavy atom. The Morgan fingerprint density at radius 3 is 2.65 bits per heavy atom. The number of hydrogen-bond donors (Lipinski definition) is 2. The van der Waals surface area contributed by atoms with Crippen molar-refractivity contribution in [3.05, 3.63) is 23.3 Å². The lowest BCUT2D eigenvalue weighted by atomic mass is 9.95. The number of phenols is 1. The Balaban J connectivity index is 3.31. The molecule has 0 fully saturated rings. The molecule has 0 bridgehead atoms. The molecule has 1 rings (SSSR count). The summed E-state index contributed by atoms with van der Waals surface area (Å²) < 4.78 is 4.90. The molecule has 5 nitrogen and oxygen atoms in total. The molecule has 1 aromatic rings. The predicted molar refractivity (Wildman–Crippen MR) is 60.7 cm³/mol. The van der Waals surface area contributed by atoms with Gasteiger partial charge in [-0.2, -0.15) is 0 Å². The summed E-state index contributed by atoms with van der Waals surface area (Å²) in [5.74, 6) is -1.40. The quantitative estimate of drug-likeness (QED) is 0.764. The first-order valence-corrected chi connectivity index (χ1v) is 5.09. The van der Waals surface area contributed by atoms with E-state index in [1.54, 1.807) is 6.92 Å². The van der Waals surface area contributed by atoms with Crippen molar-refractivity contribution in [2.75, 3.05) is 7.11 Å². The highest BCUT2D eigenvalue weighted by Crippen LogP contribution is 2.36. The van der Waals surface area contributed by atoms with Crippen molar-refractivity contribution in [2.24, 2.45) is 0 Å². The van der Waals surface area contributed by atoms with Crippen molar-refractivity contribution >= 4 is 12.3 Å². The molecule has 2 N–H and O–H groups in total. The molecule has 0 amide bonds. The first-order chi connectivity index (χ1) is 8.01. The molecule has 0 spiro atoms. The highest BCUT2D eigenvalue weighted by molar-refractivity contribution is 5.89. The molecule has 0 aliphatic rings. The minimum absolute atomic E-state index is 0.0207. The lowest BCUT2D eigenvalue weighted by molar-refractivity contribution is -0.108. The number of methoxy groups -OCH3 is 1. The maximum Gasteiger partial charge on any atom is 0.335 e. The minimum Gasteiger partial charge on any atom is -0.504 e. The van der Waals surface area contributed by atoms with Gasteiger partial charge in [-0.1, -0.05) is 6.92 Å². The third kappa shape index (κ3) is 2.75. The number of phenolic OH excluding ortho intramolecular Hbond substituents is 1. The molecule has 0 saturated carbocycles. The Labute approximate surface area is 98.6 Å². The van der Waals surface area contributed by atoms with Crippen LogP contribution in [-0.2, 0) is 4.79 Å². The van der Waals surface area contributed by atoms with Gasteiger partial charge in [0.2, 0.25) is 0 Å². The predicted octanol–water partition coefficient (Wildman–Crippen LogP) is 1.79. The first kappa shape index (κ1) is 13.0. The molecule has 0 aliphatic heterocycles. The third-order valence-electron chi connectivity index (χ3n) is 2.55. The number of aromatic hydroxyl groups is 1. The van der Waals surface area contributed by atoms with Gasteiger partial charge in [0.25, 0.3) is 0 Å². The van der Waals surface area contributed by atoms with Crippen LogP contribution in [0, 0.1) is 0 Å². The molecule has 92 valence electrons. The minimum atomic E-state index is -1.11. The van der Waals surface area contributed by atoms with Gasteiger partial charge in [-0.15, -0.1) is 0 Å². The zero-order chi connectivity index (χ0) is 13.0. The van der Waals surface area contributed by atoms with Crippen molar-refractivity contribution < 1.29 is 24.5 Å². The fourth-order valence-electron chi connectivity index (χ4n) is 1.56. The van der Waals surface area contributed by atoms with Crippen molar-refractivity contribution in [2.45, 2.75) is 19.3 Å². The van der Waals surface area contributed by atoms with Gasteiger partial charge in [0.15, 0.2) is 11.5 Å². The summed E-state index contributed by atoms with van der Waals surface area (Å²) in [7, 11) is 1.34. The summed E-state index contributed by atoms with van der Waals surface area (Å²) in [6.45, 7) is 1.73. The van der Waals surface area contributed by atoms with Crippen molar-refractivity contribution in [3.63, 3.8) is 0 Å². The number of ether oxygens (including phenoxy) is 1. The van der Waals surface area contributed by atoms with Crippen LogP contribution in [0.15, 0.2) is 12.1 Å². The Hall–Kier alpha value is -2.04. The number of carboxylic acid groups (broad SMARTS) is 1. The Bertz CT molecular complexity index is 439. The summed E-state index contributed by atoms with van der Waals surface area (Å²) in [6.07, 6.45) is 0.934. The first-order valence-electron chi connectivity index (χ1n) is 5.09. The van der Waals surface area contributed by atoms with Gasteiger partial charge in [0.05, 0.1) is 12.7 Å². The second-order valence-corrected chi connectivity index (χ2v) is 3.72. The molecule has 17 heavy (non-hydrogen) atoms. The van der Waals surface area contributed by atoms with E-state index in [0.29, 0.717) is 5.56 Å². The van der Waals surface area contributed by atoms with Crippen molar-refractivity contribution in [3.8, 4) is 11.5 Å². The average molecular weight is 238 g/mol. The van der Waals surface area contributed by atoms with Gasteiger partial charge in [0, 0.05) is 12.0 Å². The monoisotopic (exact) mass is 238 g/mol. The number of carboxylic acids is 1. The van der Waals surface area contributed by atoms with Crippen molar-refractivity contribution in [1.29, 1.82) is 0 Å². The second-order valence-electron chi connectivity index (χ2n) is 3.72. The highest BCUT2D eigenvalue weighted by Gasteiger charge is 2.18. The second kappa shape index (κ2) is 5.34. The van der Waals surface area contributed by atoms with Crippen LogP contribution in [0.3, 0.4) is 0 Å². The van der Waals surface area contributed by atoms with Crippen LogP contribution >= 0.6 is 0 Å². The number of rotatable bonds is 5. The Morgan fingerprint density at radius 2 is 2.18 bits per heavy atom. The molecule has 0 heterocycles. The molecular formula is C12H14O5. The summed E-state index contributed by atoms with van der Waals surface area (Å²) in [4.78, 5) is 21.4. The van der Waals surface area contributed by atoms with Gasteiger partial charge in [0.1, 0.15) is 6.29 Å². The number of carbonyl (C=O) groups excluding carboxylic acids is 1. The van der Waals surface area contributed by atoms with Crippen LogP contribution in [0.5, 0.6) is 11.5 Å². The maximum atomic E-state index is 10.9. The largest absolute Gasteiger partial charge is 0.504 e. The molecule has 1 atom stereocenters. The number of aldehydes is 1. The standard InChI is InChI=1S/C12H14O5/c1-7(3-4-13)9-5-8(12(15)16)6-10(17-2)11(9)14/h4-7,14H,3H2,1-2H3,(H,15,16). The van der Waals surface area contributed by atoms with E-state index in [1.807, 2.05) is 0 Å². The van der Waals surface area contributed by atoms with Gasteiger partial charge < -0.3 is 19.7 Å². The lowest BCUT2D eigenvalue weighted by Gasteiger charge is -2.14. The lowest BCUT2D eigenvalue weighted by Crippen LogP contribution is -2.03. The highest BCUT2D eigenvalue weighted by atomic mass is 16.5. The van der Waals surface area contributed by atoms with Gasteiger partial charge in [-0.25, -0.2) is 4.79 Å². The molecule has 0 radical (unpaired) electrons. The van der Waals surface area contributed by atoms with Crippen LogP contribution in [0.1, 0.15) is 35.2 Å². The topological polar surface area (TPSA) is 83.8 Å². The van der Waals surface area contributed by atoms with Gasteiger partial charge >= 0.3 is 5.97 Å². The molecule has 0 aromatic heterocycles. The van der Waals surface area contributed by atoms with Crippen LogP contribution in [0.25, 0.3) is 0 Å². The number of carbonyl (C=O) groups is 2. The molecule has 0 saturated heterocycles. The average Bonchev–Trinajstić information content (AvgIpc) is 2.29. The van der Waals surface area contributed by atoms with E-state index in [2.05, 4.69) is 0 Å². The fourth-order valence-corrected chi connectivity index (χ4v) is 1.56. The van der Waals surface area contributed by atoms with Gasteiger partial charge in [-0.05, 0) is 18.1 Å². The molecule has 0 aliphatic carbocycles. The van der Waals surface area contributed by atoms with Crippen molar-refractivity contribution in [1.82, 2.24) is 0 Å². The van der Waals surface area contributed by atoms with E-state index in [1.165, 1.54) is 19.2 Å². The van der Waals surface area contributed by atoms with Crippen LogP contribution in [-0.4, -0.2) is 29.6 Å². The molecular weight excluding hydrogens is 224 g/mol.